The Labute approximate surface area is 227 Å². The number of fused-ring (bicyclic) bond motifs is 2. The molecule has 1 amide bonds. The van der Waals surface area contributed by atoms with Gasteiger partial charge in [-0.05, 0) is 55.0 Å². The quantitative estimate of drug-likeness (QED) is 0.319. The van der Waals surface area contributed by atoms with E-state index in [0.717, 1.165) is 5.56 Å². The smallest absolute Gasteiger partial charge is 0.255 e. The lowest BCUT2D eigenvalue weighted by Crippen LogP contribution is -2.31. The summed E-state index contributed by atoms with van der Waals surface area (Å²) in [5, 5.41) is 11.8. The van der Waals surface area contributed by atoms with Crippen molar-refractivity contribution in [3.63, 3.8) is 0 Å². The maximum atomic E-state index is 13.8. The highest BCUT2D eigenvalue weighted by molar-refractivity contribution is 6.42. The molecule has 192 valence electrons. The van der Waals surface area contributed by atoms with E-state index in [9.17, 15) is 4.79 Å². The number of methoxy groups -OCH3 is 1. The number of allylic oxidation sites excluding steroid dienone is 1. The van der Waals surface area contributed by atoms with E-state index >= 15 is 0 Å². The molecule has 4 aromatic rings. The molecule has 0 aliphatic carbocycles. The number of carbonyl (C=O) groups is 1. The molecule has 0 saturated carbocycles. The second kappa shape index (κ2) is 9.59. The highest BCUT2D eigenvalue weighted by Gasteiger charge is 2.35. The predicted octanol–water partition coefficient (Wildman–Crippen LogP) is 5.92. The third-order valence-corrected chi connectivity index (χ3v) is 7.08. The van der Waals surface area contributed by atoms with Crippen molar-refractivity contribution < 1.29 is 19.0 Å². The highest BCUT2D eigenvalue weighted by Crippen LogP contribution is 2.41. The minimum atomic E-state index is -0.625. The van der Waals surface area contributed by atoms with Gasteiger partial charge in [0.25, 0.3) is 5.91 Å². The number of hydrogen-bond donors (Lipinski definition) is 2. The zero-order chi connectivity index (χ0) is 26.4. The van der Waals surface area contributed by atoms with Crippen LogP contribution in [-0.4, -0.2) is 34.6 Å². The third-order valence-electron chi connectivity index (χ3n) is 6.34. The Kier molecular flexibility index (Phi) is 6.09. The number of nitrogens with one attached hydrogen (secondary N) is 2. The molecule has 0 spiro atoms. The Morgan fingerprint density at radius 1 is 1.08 bits per heavy atom. The molecule has 0 radical (unpaired) electrons. The van der Waals surface area contributed by atoms with Crippen molar-refractivity contribution in [2.24, 2.45) is 0 Å². The van der Waals surface area contributed by atoms with Gasteiger partial charge in [0.15, 0.2) is 17.3 Å². The van der Waals surface area contributed by atoms with Crippen molar-refractivity contribution in [1.82, 2.24) is 14.8 Å². The summed E-state index contributed by atoms with van der Waals surface area (Å²) < 4.78 is 18.2. The summed E-state index contributed by atoms with van der Waals surface area (Å²) in [7, 11) is 1.55. The number of anilines is 2. The van der Waals surface area contributed by atoms with Crippen molar-refractivity contribution in [2.45, 2.75) is 13.0 Å². The Morgan fingerprint density at radius 3 is 2.71 bits per heavy atom. The van der Waals surface area contributed by atoms with E-state index in [4.69, 9.17) is 47.5 Å². The van der Waals surface area contributed by atoms with Gasteiger partial charge in [-0.15, -0.1) is 5.10 Å². The SMILES string of the molecule is COc1ccccc1NC(=O)C1=C(C)Nc2nc(-c3ccc(Cl)c(Cl)c3)nn2C1c1ccc2c(c1)OCO2. The first kappa shape index (κ1) is 24.1. The normalized spacial score (nSPS) is 15.6. The van der Waals surface area contributed by atoms with Crippen LogP contribution >= 0.6 is 23.2 Å². The molecule has 1 atom stereocenters. The standard InChI is InChI=1S/C27H21Cl2N5O4/c1-14-23(26(35)31-19-5-3-4-6-20(19)36-2)24(15-8-10-21-22(12-15)38-13-37-21)34-27(30-14)32-25(33-34)16-7-9-17(28)18(29)11-16/h3-12,24H,13H2,1-2H3,(H,31,35)(H,30,32,33). The lowest BCUT2D eigenvalue weighted by Gasteiger charge is -2.29. The van der Waals surface area contributed by atoms with Crippen molar-refractivity contribution in [3.8, 4) is 28.6 Å². The molecule has 1 unspecified atom stereocenters. The van der Waals surface area contributed by atoms with E-state index in [1.165, 1.54) is 0 Å². The second-order valence-electron chi connectivity index (χ2n) is 8.67. The number of amides is 1. The fourth-order valence-electron chi connectivity index (χ4n) is 4.53. The molecule has 2 N–H and O–H groups in total. The van der Waals surface area contributed by atoms with Crippen LogP contribution in [0.25, 0.3) is 11.4 Å². The number of carbonyl (C=O) groups excluding carboxylic acids is 1. The minimum Gasteiger partial charge on any atom is -0.495 e. The fourth-order valence-corrected chi connectivity index (χ4v) is 4.83. The van der Waals surface area contributed by atoms with Crippen LogP contribution in [0.15, 0.2) is 71.9 Å². The van der Waals surface area contributed by atoms with E-state index < -0.39 is 6.04 Å². The number of benzene rings is 3. The maximum Gasteiger partial charge on any atom is 0.255 e. The van der Waals surface area contributed by atoms with Crippen LogP contribution in [0.1, 0.15) is 18.5 Å². The molecule has 1 aromatic heterocycles. The van der Waals surface area contributed by atoms with Crippen LogP contribution in [0.2, 0.25) is 10.0 Å². The van der Waals surface area contributed by atoms with Crippen LogP contribution in [0, 0.1) is 0 Å². The van der Waals surface area contributed by atoms with E-state index in [2.05, 4.69) is 10.6 Å². The first-order valence-corrected chi connectivity index (χ1v) is 12.4. The highest BCUT2D eigenvalue weighted by atomic mass is 35.5. The van der Waals surface area contributed by atoms with Gasteiger partial charge in [0.05, 0.1) is 28.4 Å². The molecule has 0 fully saturated rings. The fraction of sp³-hybridized carbons (Fsp3) is 0.148. The minimum absolute atomic E-state index is 0.136. The largest absolute Gasteiger partial charge is 0.495 e. The number of hydrogen-bond acceptors (Lipinski definition) is 7. The molecule has 3 aromatic carbocycles. The van der Waals surface area contributed by atoms with Crippen LogP contribution in [0.4, 0.5) is 11.6 Å². The second-order valence-corrected chi connectivity index (χ2v) is 9.48. The Bertz CT molecular complexity index is 1620. The van der Waals surface area contributed by atoms with Crippen LogP contribution < -0.4 is 24.8 Å². The number of nitrogens with zero attached hydrogens (tertiary/aromatic N) is 3. The van der Waals surface area contributed by atoms with Crippen molar-refractivity contribution in [1.29, 1.82) is 0 Å². The molecule has 3 heterocycles. The van der Waals surface area contributed by atoms with Crippen molar-refractivity contribution >= 4 is 40.7 Å². The zero-order valence-corrected chi connectivity index (χ0v) is 21.8. The van der Waals surface area contributed by atoms with Gasteiger partial charge in [-0.25, -0.2) is 4.68 Å². The molecule has 0 bridgehead atoms. The average molecular weight is 550 g/mol. The number of rotatable bonds is 5. The molecule has 2 aliphatic rings. The van der Waals surface area contributed by atoms with Crippen LogP contribution in [0.5, 0.6) is 17.2 Å². The summed E-state index contributed by atoms with van der Waals surface area (Å²) in [6.45, 7) is 1.96. The van der Waals surface area contributed by atoms with Gasteiger partial charge in [0.2, 0.25) is 12.7 Å². The van der Waals surface area contributed by atoms with Gasteiger partial charge in [-0.1, -0.05) is 41.4 Å². The molecule has 38 heavy (non-hydrogen) atoms. The zero-order valence-electron chi connectivity index (χ0n) is 20.3. The molecular formula is C27H21Cl2N5O4. The molecular weight excluding hydrogens is 529 g/mol. The summed E-state index contributed by atoms with van der Waals surface area (Å²) >= 11 is 12.4. The third kappa shape index (κ3) is 4.19. The lowest BCUT2D eigenvalue weighted by atomic mass is 9.94. The van der Waals surface area contributed by atoms with Gasteiger partial charge in [0, 0.05) is 11.3 Å². The lowest BCUT2D eigenvalue weighted by molar-refractivity contribution is -0.113. The molecule has 0 saturated heterocycles. The van der Waals surface area contributed by atoms with E-state index in [1.54, 1.807) is 42.1 Å². The summed E-state index contributed by atoms with van der Waals surface area (Å²) in [5.74, 6) is 2.36. The molecule has 2 aliphatic heterocycles. The average Bonchev–Trinajstić information content (AvgIpc) is 3.56. The topological polar surface area (TPSA) is 99.5 Å². The summed E-state index contributed by atoms with van der Waals surface area (Å²) in [6.07, 6.45) is 0. The van der Waals surface area contributed by atoms with Gasteiger partial charge < -0.3 is 24.8 Å². The number of aromatic nitrogens is 3. The first-order valence-electron chi connectivity index (χ1n) is 11.7. The number of para-hydroxylation sites is 2. The van der Waals surface area contributed by atoms with Crippen molar-refractivity contribution in [2.75, 3.05) is 24.5 Å². The molecule has 11 heteroatoms. The van der Waals surface area contributed by atoms with Crippen LogP contribution in [0.3, 0.4) is 0 Å². The van der Waals surface area contributed by atoms with Gasteiger partial charge >= 0.3 is 0 Å². The van der Waals surface area contributed by atoms with Gasteiger partial charge in [-0.2, -0.15) is 4.98 Å². The van der Waals surface area contributed by atoms with Gasteiger partial charge in [-0.3, -0.25) is 4.79 Å². The summed E-state index contributed by atoms with van der Waals surface area (Å²) in [5.41, 5.74) is 3.08. The summed E-state index contributed by atoms with van der Waals surface area (Å²) in [4.78, 5) is 18.5. The van der Waals surface area contributed by atoms with Crippen LogP contribution in [-0.2, 0) is 4.79 Å². The summed E-state index contributed by atoms with van der Waals surface area (Å²) in [6, 6.07) is 17.3. The van der Waals surface area contributed by atoms with E-state index in [1.807, 2.05) is 37.3 Å². The Hall–Kier alpha value is -4.21. The Balaban J connectivity index is 1.46. The Morgan fingerprint density at radius 2 is 1.89 bits per heavy atom. The monoisotopic (exact) mass is 549 g/mol. The van der Waals surface area contributed by atoms with Crippen molar-refractivity contribution in [3.05, 3.63) is 87.5 Å². The molecule has 9 nitrogen and oxygen atoms in total. The number of ether oxygens (including phenoxy) is 3. The van der Waals surface area contributed by atoms with Gasteiger partial charge in [0.1, 0.15) is 11.8 Å². The van der Waals surface area contributed by atoms with E-state index in [0.29, 0.717) is 61.6 Å². The molecule has 6 rings (SSSR count). The van der Waals surface area contributed by atoms with E-state index in [-0.39, 0.29) is 12.7 Å². The predicted molar refractivity (Wildman–Crippen MR) is 144 cm³/mol. The first-order chi connectivity index (χ1) is 18.4. The maximum absolute atomic E-state index is 13.8. The number of halogens is 2.